The standard InChI is InChI=1S/C21H16F4N2O5/c1-30-14-10-11(21(23,24)25)9-13(22)15(14)17-16(19(28)31-2)18(20(29)32-3)27(26-17)12-7-5-4-6-8-12/h4-10H,1-3H3. The molecule has 0 fully saturated rings. The first-order chi connectivity index (χ1) is 15.1. The van der Waals surface area contributed by atoms with Crippen molar-refractivity contribution < 1.29 is 41.4 Å². The van der Waals surface area contributed by atoms with Crippen LogP contribution >= 0.6 is 0 Å². The highest BCUT2D eigenvalue weighted by atomic mass is 19.4. The summed E-state index contributed by atoms with van der Waals surface area (Å²) in [6.45, 7) is 0. The second-order valence-electron chi connectivity index (χ2n) is 6.34. The lowest BCUT2D eigenvalue weighted by Gasteiger charge is -2.13. The monoisotopic (exact) mass is 452 g/mol. The number of rotatable bonds is 5. The summed E-state index contributed by atoms with van der Waals surface area (Å²) in [5.41, 5.74) is -2.91. The highest BCUT2D eigenvalue weighted by molar-refractivity contribution is 6.07. The lowest BCUT2D eigenvalue weighted by Crippen LogP contribution is -2.15. The van der Waals surface area contributed by atoms with Gasteiger partial charge in [-0.2, -0.15) is 18.3 Å². The molecule has 11 heteroatoms. The second kappa shape index (κ2) is 8.69. The topological polar surface area (TPSA) is 79.7 Å². The fraction of sp³-hybridized carbons (Fsp3) is 0.190. The maximum atomic E-state index is 15.0. The Morgan fingerprint density at radius 2 is 1.59 bits per heavy atom. The first-order valence-corrected chi connectivity index (χ1v) is 8.94. The number of hydrogen-bond acceptors (Lipinski definition) is 6. The number of nitrogens with zero attached hydrogens (tertiary/aromatic N) is 2. The van der Waals surface area contributed by atoms with Crippen LogP contribution in [0.5, 0.6) is 5.75 Å². The summed E-state index contributed by atoms with van der Waals surface area (Å²) in [4.78, 5) is 25.2. The summed E-state index contributed by atoms with van der Waals surface area (Å²) < 4.78 is 69.9. The number of methoxy groups -OCH3 is 3. The SMILES string of the molecule is COC(=O)c1c(-c2c(F)cc(C(F)(F)F)cc2OC)nn(-c2ccccc2)c1C(=O)OC. The van der Waals surface area contributed by atoms with Crippen LogP contribution in [0.2, 0.25) is 0 Å². The number of benzene rings is 2. The van der Waals surface area contributed by atoms with Gasteiger partial charge in [0.2, 0.25) is 0 Å². The summed E-state index contributed by atoms with van der Waals surface area (Å²) in [6.07, 6.45) is -4.85. The molecule has 0 amide bonds. The molecular weight excluding hydrogens is 436 g/mol. The second-order valence-corrected chi connectivity index (χ2v) is 6.34. The number of aromatic nitrogens is 2. The van der Waals surface area contributed by atoms with E-state index >= 15 is 0 Å². The van der Waals surface area contributed by atoms with Crippen LogP contribution in [0, 0.1) is 5.82 Å². The zero-order valence-corrected chi connectivity index (χ0v) is 17.0. The molecule has 0 saturated carbocycles. The molecule has 0 radical (unpaired) electrons. The predicted octanol–water partition coefficient (Wildman–Crippen LogP) is 4.28. The van der Waals surface area contributed by atoms with E-state index in [0.717, 1.165) is 26.0 Å². The van der Waals surface area contributed by atoms with E-state index in [-0.39, 0.29) is 6.07 Å². The quantitative estimate of drug-likeness (QED) is 0.425. The van der Waals surface area contributed by atoms with Gasteiger partial charge in [0.1, 0.15) is 22.8 Å². The van der Waals surface area contributed by atoms with Crippen molar-refractivity contribution in [3.63, 3.8) is 0 Å². The Balaban J connectivity index is 2.43. The Bertz CT molecular complexity index is 1170. The first-order valence-electron chi connectivity index (χ1n) is 8.94. The molecule has 2 aromatic carbocycles. The molecule has 0 aliphatic carbocycles. The largest absolute Gasteiger partial charge is 0.496 e. The Morgan fingerprint density at radius 3 is 2.12 bits per heavy atom. The van der Waals surface area contributed by atoms with Crippen LogP contribution in [0.25, 0.3) is 16.9 Å². The Morgan fingerprint density at radius 1 is 0.969 bits per heavy atom. The van der Waals surface area contributed by atoms with Crippen LogP contribution < -0.4 is 4.74 Å². The Labute approximate surface area is 179 Å². The van der Waals surface area contributed by atoms with Crippen molar-refractivity contribution in [3.8, 4) is 22.7 Å². The van der Waals surface area contributed by atoms with Gasteiger partial charge in [0.05, 0.1) is 38.1 Å². The van der Waals surface area contributed by atoms with Gasteiger partial charge in [0.25, 0.3) is 0 Å². The Hall–Kier alpha value is -3.89. The lowest BCUT2D eigenvalue weighted by atomic mass is 10.0. The van der Waals surface area contributed by atoms with Crippen LogP contribution in [-0.2, 0) is 15.7 Å². The van der Waals surface area contributed by atoms with E-state index in [2.05, 4.69) is 5.10 Å². The normalized spacial score (nSPS) is 11.2. The van der Waals surface area contributed by atoms with E-state index in [1.807, 2.05) is 0 Å². The van der Waals surface area contributed by atoms with Gasteiger partial charge in [-0.05, 0) is 24.3 Å². The molecule has 0 saturated heterocycles. The smallest absolute Gasteiger partial charge is 0.416 e. The van der Waals surface area contributed by atoms with E-state index in [1.54, 1.807) is 30.3 Å². The maximum Gasteiger partial charge on any atom is 0.416 e. The van der Waals surface area contributed by atoms with E-state index < -0.39 is 57.8 Å². The van der Waals surface area contributed by atoms with Gasteiger partial charge in [0.15, 0.2) is 5.69 Å². The molecule has 32 heavy (non-hydrogen) atoms. The van der Waals surface area contributed by atoms with Gasteiger partial charge in [-0.3, -0.25) is 0 Å². The molecular formula is C21H16F4N2O5. The molecule has 1 heterocycles. The summed E-state index contributed by atoms with van der Waals surface area (Å²) in [5.74, 6) is -3.99. The molecule has 0 aliphatic heterocycles. The number of carbonyl (C=O) groups excluding carboxylic acids is 2. The summed E-state index contributed by atoms with van der Waals surface area (Å²) >= 11 is 0. The Kier molecular flexibility index (Phi) is 6.19. The first kappa shape index (κ1) is 22.8. The summed E-state index contributed by atoms with van der Waals surface area (Å²) in [7, 11) is 3.11. The zero-order valence-electron chi connectivity index (χ0n) is 17.0. The fourth-order valence-corrected chi connectivity index (χ4v) is 3.07. The number of hydrogen-bond donors (Lipinski definition) is 0. The number of para-hydroxylation sites is 1. The minimum atomic E-state index is -4.85. The lowest BCUT2D eigenvalue weighted by molar-refractivity contribution is -0.137. The minimum Gasteiger partial charge on any atom is -0.496 e. The summed E-state index contributed by atoms with van der Waals surface area (Å²) in [5, 5.41) is 4.16. The van der Waals surface area contributed by atoms with E-state index in [1.165, 1.54) is 0 Å². The molecule has 0 aliphatic rings. The molecule has 0 unspecified atom stereocenters. The molecule has 0 spiro atoms. The number of esters is 2. The number of alkyl halides is 3. The minimum absolute atomic E-state index is 0.248. The molecule has 0 bridgehead atoms. The van der Waals surface area contributed by atoms with Crippen molar-refractivity contribution in [1.82, 2.24) is 9.78 Å². The molecule has 7 nitrogen and oxygen atoms in total. The van der Waals surface area contributed by atoms with Gasteiger partial charge < -0.3 is 14.2 Å². The van der Waals surface area contributed by atoms with Crippen LogP contribution in [0.3, 0.4) is 0 Å². The molecule has 0 atom stereocenters. The van der Waals surface area contributed by atoms with Gasteiger partial charge >= 0.3 is 18.1 Å². The molecule has 0 N–H and O–H groups in total. The van der Waals surface area contributed by atoms with Crippen LogP contribution in [-0.4, -0.2) is 43.0 Å². The third-order valence-electron chi connectivity index (χ3n) is 4.49. The van der Waals surface area contributed by atoms with Crippen molar-refractivity contribution in [2.75, 3.05) is 21.3 Å². The third kappa shape index (κ3) is 4.01. The molecule has 168 valence electrons. The average Bonchev–Trinajstić information content (AvgIpc) is 3.17. The highest BCUT2D eigenvalue weighted by Crippen LogP contribution is 2.41. The summed E-state index contributed by atoms with van der Waals surface area (Å²) in [6, 6.07) is 8.83. The zero-order chi connectivity index (χ0) is 23.6. The van der Waals surface area contributed by atoms with Crippen molar-refractivity contribution in [2.45, 2.75) is 6.18 Å². The van der Waals surface area contributed by atoms with E-state index in [0.29, 0.717) is 11.8 Å². The average molecular weight is 452 g/mol. The molecule has 3 aromatic rings. The highest BCUT2D eigenvalue weighted by Gasteiger charge is 2.37. The number of ether oxygens (including phenoxy) is 3. The maximum absolute atomic E-state index is 15.0. The van der Waals surface area contributed by atoms with Gasteiger partial charge in [-0.25, -0.2) is 18.7 Å². The number of halogens is 4. The van der Waals surface area contributed by atoms with Crippen molar-refractivity contribution in [1.29, 1.82) is 0 Å². The number of carbonyl (C=O) groups is 2. The van der Waals surface area contributed by atoms with Crippen molar-refractivity contribution in [3.05, 3.63) is 65.1 Å². The van der Waals surface area contributed by atoms with Crippen molar-refractivity contribution >= 4 is 11.9 Å². The van der Waals surface area contributed by atoms with Crippen LogP contribution in [0.1, 0.15) is 26.4 Å². The van der Waals surface area contributed by atoms with E-state index in [4.69, 9.17) is 14.2 Å². The molecule has 1 aromatic heterocycles. The van der Waals surface area contributed by atoms with Crippen LogP contribution in [0.15, 0.2) is 42.5 Å². The van der Waals surface area contributed by atoms with Crippen molar-refractivity contribution in [2.24, 2.45) is 0 Å². The molecule has 3 rings (SSSR count). The van der Waals surface area contributed by atoms with E-state index in [9.17, 15) is 27.2 Å². The predicted molar refractivity (Wildman–Crippen MR) is 103 cm³/mol. The van der Waals surface area contributed by atoms with Gasteiger partial charge in [-0.15, -0.1) is 0 Å². The van der Waals surface area contributed by atoms with Gasteiger partial charge in [0, 0.05) is 0 Å². The van der Waals surface area contributed by atoms with Crippen LogP contribution in [0.4, 0.5) is 17.6 Å². The van der Waals surface area contributed by atoms with Gasteiger partial charge in [-0.1, -0.05) is 18.2 Å². The third-order valence-corrected chi connectivity index (χ3v) is 4.49. The fourth-order valence-electron chi connectivity index (χ4n) is 3.07.